The summed E-state index contributed by atoms with van der Waals surface area (Å²) in [5.74, 6) is -0.241. The van der Waals surface area contributed by atoms with Crippen molar-refractivity contribution < 1.29 is 33.7 Å². The second-order valence-corrected chi connectivity index (χ2v) is 15.1. The van der Waals surface area contributed by atoms with Gasteiger partial charge in [-0.15, -0.1) is 0 Å². The number of esters is 1. The van der Waals surface area contributed by atoms with E-state index in [0.717, 1.165) is 35.9 Å². The van der Waals surface area contributed by atoms with Crippen LogP contribution in [0, 0.1) is 0 Å². The normalized spacial score (nSPS) is 14.9. The van der Waals surface area contributed by atoms with Crippen LogP contribution in [0.3, 0.4) is 0 Å². The van der Waals surface area contributed by atoms with Crippen molar-refractivity contribution in [3.8, 4) is 0 Å². The van der Waals surface area contributed by atoms with E-state index in [1.54, 1.807) is 9.80 Å². The molecule has 4 heterocycles. The van der Waals surface area contributed by atoms with Crippen LogP contribution < -0.4 is 0 Å². The van der Waals surface area contributed by atoms with E-state index >= 15 is 0 Å². The van der Waals surface area contributed by atoms with Crippen LogP contribution in [0.4, 0.5) is 9.59 Å². The summed E-state index contributed by atoms with van der Waals surface area (Å²) in [6, 6.07) is 16.4. The highest BCUT2D eigenvalue weighted by atomic mass is 16.6. The van der Waals surface area contributed by atoms with Crippen LogP contribution in [0.1, 0.15) is 71.0 Å². The third kappa shape index (κ3) is 9.05. The summed E-state index contributed by atoms with van der Waals surface area (Å²) in [5, 5.41) is 11.8. The van der Waals surface area contributed by atoms with Crippen molar-refractivity contribution in [2.24, 2.45) is 0 Å². The third-order valence-corrected chi connectivity index (χ3v) is 9.11. The average Bonchev–Trinajstić information content (AvgIpc) is 3.27. The largest absolute Gasteiger partial charge is 0.465 e. The second-order valence-electron chi connectivity index (χ2n) is 15.1. The Kier molecular flexibility index (Phi) is 11.7. The number of aliphatic hydroxyl groups excluding tert-OH is 1. The van der Waals surface area contributed by atoms with Crippen LogP contribution in [0.15, 0.2) is 48.5 Å². The monoisotopic (exact) mass is 702 g/mol. The number of carbonyl (C=O) groups is 3. The predicted molar refractivity (Wildman–Crippen MR) is 198 cm³/mol. The molecular formula is C40H54N4O7. The quantitative estimate of drug-likeness (QED) is 0.186. The topological polar surface area (TPSA) is 115 Å². The minimum absolute atomic E-state index is 0.112. The smallest absolute Gasteiger partial charge is 0.410 e. The number of aliphatic hydroxyl groups is 1. The van der Waals surface area contributed by atoms with Gasteiger partial charge < -0.3 is 38.3 Å². The van der Waals surface area contributed by atoms with Gasteiger partial charge in [0.25, 0.3) is 0 Å². The van der Waals surface area contributed by atoms with E-state index in [0.29, 0.717) is 45.8 Å². The molecular weight excluding hydrogens is 648 g/mol. The van der Waals surface area contributed by atoms with Crippen molar-refractivity contribution in [3.05, 3.63) is 71.0 Å². The predicted octanol–water partition coefficient (Wildman–Crippen LogP) is 6.51. The Hall–Kier alpha value is -4.51. The number of fused-ring (bicyclic) bond motifs is 6. The Balaban J connectivity index is 0.000000199. The van der Waals surface area contributed by atoms with Crippen molar-refractivity contribution in [2.75, 3.05) is 39.4 Å². The first-order valence-electron chi connectivity index (χ1n) is 18.1. The molecule has 0 bridgehead atoms. The van der Waals surface area contributed by atoms with E-state index in [-0.39, 0.29) is 31.3 Å². The molecule has 2 amide bonds. The first-order chi connectivity index (χ1) is 24.2. The molecule has 0 saturated heterocycles. The summed E-state index contributed by atoms with van der Waals surface area (Å²) >= 11 is 0. The van der Waals surface area contributed by atoms with E-state index < -0.39 is 11.2 Å². The van der Waals surface area contributed by atoms with Crippen LogP contribution in [0.5, 0.6) is 0 Å². The molecule has 6 rings (SSSR count). The number of ether oxygens (including phenoxy) is 3. The van der Waals surface area contributed by atoms with Crippen molar-refractivity contribution >= 4 is 40.0 Å². The number of hydrogen-bond donors (Lipinski definition) is 1. The third-order valence-electron chi connectivity index (χ3n) is 9.11. The van der Waals surface area contributed by atoms with E-state index in [1.807, 2.05) is 83.4 Å². The summed E-state index contributed by atoms with van der Waals surface area (Å²) < 4.78 is 20.4. The van der Waals surface area contributed by atoms with Gasteiger partial charge in [-0.05, 0) is 84.6 Å². The van der Waals surface area contributed by atoms with Crippen LogP contribution >= 0.6 is 0 Å². The van der Waals surface area contributed by atoms with Crippen LogP contribution in [-0.4, -0.2) is 92.8 Å². The van der Waals surface area contributed by atoms with Gasteiger partial charge >= 0.3 is 18.2 Å². The number of carbonyl (C=O) groups excluding carboxylic acids is 3. The average molecular weight is 703 g/mol. The highest BCUT2D eigenvalue weighted by Crippen LogP contribution is 2.31. The number of nitrogens with zero attached hydrogens (tertiary/aromatic N) is 4. The first kappa shape index (κ1) is 37.7. The Labute approximate surface area is 301 Å². The molecule has 2 aliphatic heterocycles. The summed E-state index contributed by atoms with van der Waals surface area (Å²) in [4.78, 5) is 40.5. The zero-order valence-corrected chi connectivity index (χ0v) is 31.3. The molecule has 2 aromatic heterocycles. The molecule has 276 valence electrons. The minimum atomic E-state index is -0.512. The van der Waals surface area contributed by atoms with Gasteiger partial charge in [-0.2, -0.15) is 0 Å². The van der Waals surface area contributed by atoms with E-state index in [1.165, 1.54) is 27.7 Å². The fourth-order valence-corrected chi connectivity index (χ4v) is 7.07. The zero-order chi connectivity index (χ0) is 36.9. The molecule has 0 aliphatic carbocycles. The van der Waals surface area contributed by atoms with E-state index in [4.69, 9.17) is 14.2 Å². The maximum atomic E-state index is 12.5. The van der Waals surface area contributed by atoms with Gasteiger partial charge in [-0.25, -0.2) is 9.59 Å². The van der Waals surface area contributed by atoms with Gasteiger partial charge in [-0.3, -0.25) is 4.79 Å². The molecule has 0 unspecified atom stereocenters. The number of rotatable bonds is 5. The standard InChI is InChI=1S/C21H28N2O4.C19H26N2O3/c1-5-26-19(24)14-23-17-9-7-6-8-15(17)16-10-12-22(13-11-18(16)23)20(25)27-21(2,3)4;1-19(2,3)24-18(23)20-10-8-15-14-6-4-5-7-16(14)21(12-13-22)17(15)9-11-20/h6-9H,5,10-14H2,1-4H3;4-7,22H,8-13H2,1-3H3. The molecule has 2 aromatic carbocycles. The van der Waals surface area contributed by atoms with Crippen molar-refractivity contribution in [2.45, 2.75) is 98.4 Å². The Morgan fingerprint density at radius 1 is 0.667 bits per heavy atom. The minimum Gasteiger partial charge on any atom is -0.465 e. The molecule has 11 nitrogen and oxygen atoms in total. The van der Waals surface area contributed by atoms with Gasteiger partial charge in [0.05, 0.1) is 13.2 Å². The molecule has 11 heteroatoms. The van der Waals surface area contributed by atoms with Crippen LogP contribution in [0.2, 0.25) is 0 Å². The molecule has 0 saturated carbocycles. The lowest BCUT2D eigenvalue weighted by Gasteiger charge is -2.26. The lowest BCUT2D eigenvalue weighted by molar-refractivity contribution is -0.143. The fourth-order valence-electron chi connectivity index (χ4n) is 7.07. The number of para-hydroxylation sites is 2. The lowest BCUT2D eigenvalue weighted by Crippen LogP contribution is -2.38. The van der Waals surface area contributed by atoms with E-state index in [2.05, 4.69) is 22.8 Å². The SMILES string of the molecule is CC(C)(C)OC(=O)N1CCc2c(n(CCO)c3ccccc23)CC1.CCOC(=O)Cn1c2c(c3ccccc31)CCN(C(=O)OC(C)(C)C)CC2. The van der Waals surface area contributed by atoms with Gasteiger partial charge in [0.2, 0.25) is 0 Å². The van der Waals surface area contributed by atoms with Gasteiger partial charge in [0.1, 0.15) is 17.7 Å². The Morgan fingerprint density at radius 2 is 1.10 bits per heavy atom. The van der Waals surface area contributed by atoms with Crippen molar-refractivity contribution in [3.63, 3.8) is 0 Å². The Bertz CT molecular complexity index is 1860. The molecule has 0 fully saturated rings. The van der Waals surface area contributed by atoms with Gasteiger partial charge in [-0.1, -0.05) is 36.4 Å². The molecule has 2 aliphatic rings. The number of amides is 2. The highest BCUT2D eigenvalue weighted by molar-refractivity contribution is 5.88. The number of benzene rings is 2. The molecule has 0 atom stereocenters. The number of hydrogen-bond acceptors (Lipinski definition) is 7. The second kappa shape index (κ2) is 15.8. The first-order valence-corrected chi connectivity index (χ1v) is 18.1. The maximum absolute atomic E-state index is 12.5. The zero-order valence-electron chi connectivity index (χ0n) is 31.3. The molecule has 51 heavy (non-hydrogen) atoms. The van der Waals surface area contributed by atoms with Gasteiger partial charge in [0, 0.05) is 78.8 Å². The van der Waals surface area contributed by atoms with E-state index in [9.17, 15) is 19.5 Å². The fraction of sp³-hybridized carbons (Fsp3) is 0.525. The van der Waals surface area contributed by atoms with Gasteiger partial charge in [0.15, 0.2) is 0 Å². The summed E-state index contributed by atoms with van der Waals surface area (Å²) in [6.45, 7) is 16.8. The summed E-state index contributed by atoms with van der Waals surface area (Å²) in [5.41, 5.74) is 6.07. The molecule has 0 spiro atoms. The highest BCUT2D eigenvalue weighted by Gasteiger charge is 2.29. The van der Waals surface area contributed by atoms with Crippen molar-refractivity contribution in [1.29, 1.82) is 0 Å². The lowest BCUT2D eigenvalue weighted by atomic mass is 10.1. The summed E-state index contributed by atoms with van der Waals surface area (Å²) in [6.07, 6.45) is 2.49. The maximum Gasteiger partial charge on any atom is 0.410 e. The molecule has 1 N–H and O–H groups in total. The molecule has 4 aromatic rings. The van der Waals surface area contributed by atoms with Crippen molar-refractivity contribution in [1.82, 2.24) is 18.9 Å². The molecule has 0 radical (unpaired) electrons. The summed E-state index contributed by atoms with van der Waals surface area (Å²) in [7, 11) is 0. The van der Waals surface area contributed by atoms with Crippen LogP contribution in [-0.2, 0) is 57.8 Å². The number of aromatic nitrogens is 2. The van der Waals surface area contributed by atoms with Crippen LogP contribution in [0.25, 0.3) is 21.8 Å². The Morgan fingerprint density at radius 3 is 1.55 bits per heavy atom.